The van der Waals surface area contributed by atoms with Gasteiger partial charge >= 0.3 is 5.97 Å². The standard InChI is InChI=1S/C13H21NO4/c1-9-5-4-7-14(11(9)13(16)17)12(15)10-6-2-3-8-18-10/h9-11H,2-8H2,1H3,(H,16,17). The number of nitrogens with zero attached hydrogens (tertiary/aromatic N) is 1. The van der Waals surface area contributed by atoms with E-state index in [1.807, 2.05) is 6.92 Å². The molecule has 0 aromatic carbocycles. The lowest BCUT2D eigenvalue weighted by Crippen LogP contribution is -2.55. The molecule has 3 unspecified atom stereocenters. The number of carbonyl (C=O) groups is 2. The Balaban J connectivity index is 2.08. The van der Waals surface area contributed by atoms with Gasteiger partial charge in [-0.15, -0.1) is 0 Å². The smallest absolute Gasteiger partial charge is 0.326 e. The molecule has 2 fully saturated rings. The topological polar surface area (TPSA) is 66.8 Å². The summed E-state index contributed by atoms with van der Waals surface area (Å²) in [5.41, 5.74) is 0. The molecule has 0 spiro atoms. The van der Waals surface area contributed by atoms with Gasteiger partial charge < -0.3 is 14.7 Å². The SMILES string of the molecule is CC1CCCN(C(=O)C2CCCCO2)C1C(=O)O. The number of rotatable bonds is 2. The lowest BCUT2D eigenvalue weighted by molar-refractivity contribution is -0.162. The van der Waals surface area contributed by atoms with Crippen LogP contribution in [0.4, 0.5) is 0 Å². The molecule has 0 aromatic rings. The van der Waals surface area contributed by atoms with E-state index in [4.69, 9.17) is 4.74 Å². The van der Waals surface area contributed by atoms with Gasteiger partial charge in [-0.25, -0.2) is 4.79 Å². The normalized spacial score (nSPS) is 33.2. The number of ether oxygens (including phenoxy) is 1. The lowest BCUT2D eigenvalue weighted by Gasteiger charge is -2.39. The quantitative estimate of drug-likeness (QED) is 0.807. The molecule has 1 N–H and O–H groups in total. The molecule has 0 saturated carbocycles. The molecule has 5 nitrogen and oxygen atoms in total. The van der Waals surface area contributed by atoms with Crippen molar-refractivity contribution in [3.05, 3.63) is 0 Å². The molecule has 18 heavy (non-hydrogen) atoms. The summed E-state index contributed by atoms with van der Waals surface area (Å²) >= 11 is 0. The zero-order valence-electron chi connectivity index (χ0n) is 10.8. The minimum Gasteiger partial charge on any atom is -0.480 e. The molecule has 3 atom stereocenters. The van der Waals surface area contributed by atoms with Crippen LogP contribution in [0.25, 0.3) is 0 Å². The van der Waals surface area contributed by atoms with Crippen molar-refractivity contribution in [3.8, 4) is 0 Å². The second kappa shape index (κ2) is 5.69. The van der Waals surface area contributed by atoms with Crippen LogP contribution < -0.4 is 0 Å². The average Bonchev–Trinajstić information content (AvgIpc) is 2.38. The number of hydrogen-bond donors (Lipinski definition) is 1. The van der Waals surface area contributed by atoms with Crippen molar-refractivity contribution in [2.45, 2.75) is 51.2 Å². The maximum atomic E-state index is 12.4. The number of hydrogen-bond acceptors (Lipinski definition) is 3. The van der Waals surface area contributed by atoms with Gasteiger partial charge in [-0.2, -0.15) is 0 Å². The fourth-order valence-corrected chi connectivity index (χ4v) is 2.93. The first-order valence-electron chi connectivity index (χ1n) is 6.76. The number of carbonyl (C=O) groups excluding carboxylic acids is 1. The van der Waals surface area contributed by atoms with Crippen LogP contribution in [0.15, 0.2) is 0 Å². The summed E-state index contributed by atoms with van der Waals surface area (Å²) in [6, 6.07) is -0.684. The Morgan fingerprint density at radius 1 is 1.22 bits per heavy atom. The fourth-order valence-electron chi connectivity index (χ4n) is 2.93. The minimum atomic E-state index is -0.897. The molecule has 0 radical (unpaired) electrons. The van der Waals surface area contributed by atoms with E-state index in [0.717, 1.165) is 32.1 Å². The van der Waals surface area contributed by atoms with Crippen LogP contribution in [0.2, 0.25) is 0 Å². The summed E-state index contributed by atoms with van der Waals surface area (Å²) in [6.45, 7) is 3.05. The molecular weight excluding hydrogens is 234 g/mol. The summed E-state index contributed by atoms with van der Waals surface area (Å²) in [6.07, 6.45) is 4.01. The Hall–Kier alpha value is -1.10. The molecule has 2 heterocycles. The number of piperidine rings is 1. The number of carboxylic acids is 1. The fraction of sp³-hybridized carbons (Fsp3) is 0.846. The van der Waals surface area contributed by atoms with Gasteiger partial charge in [0.25, 0.3) is 5.91 Å². The van der Waals surface area contributed by atoms with Gasteiger partial charge in [0.2, 0.25) is 0 Å². The van der Waals surface area contributed by atoms with Gasteiger partial charge in [-0.3, -0.25) is 4.79 Å². The highest BCUT2D eigenvalue weighted by atomic mass is 16.5. The first-order valence-corrected chi connectivity index (χ1v) is 6.76. The predicted molar refractivity (Wildman–Crippen MR) is 65.1 cm³/mol. The van der Waals surface area contributed by atoms with Gasteiger partial charge in [0.1, 0.15) is 12.1 Å². The second-order valence-corrected chi connectivity index (χ2v) is 5.29. The molecule has 5 heteroatoms. The predicted octanol–water partition coefficient (Wildman–Crippen LogP) is 1.27. The van der Waals surface area contributed by atoms with Gasteiger partial charge in [0.15, 0.2) is 0 Å². The van der Waals surface area contributed by atoms with Crippen molar-refractivity contribution in [2.75, 3.05) is 13.2 Å². The maximum Gasteiger partial charge on any atom is 0.326 e. The van der Waals surface area contributed by atoms with Crippen molar-refractivity contribution in [2.24, 2.45) is 5.92 Å². The number of amides is 1. The van der Waals surface area contributed by atoms with E-state index in [9.17, 15) is 14.7 Å². The monoisotopic (exact) mass is 255 g/mol. The Labute approximate surface area is 107 Å². The molecule has 0 aliphatic carbocycles. The number of likely N-dealkylation sites (tertiary alicyclic amines) is 1. The minimum absolute atomic E-state index is 0.0174. The summed E-state index contributed by atoms with van der Waals surface area (Å²) in [5, 5.41) is 9.29. The second-order valence-electron chi connectivity index (χ2n) is 5.29. The first-order chi connectivity index (χ1) is 8.61. The summed E-state index contributed by atoms with van der Waals surface area (Å²) in [7, 11) is 0. The number of aliphatic carboxylic acids is 1. The van der Waals surface area contributed by atoms with Gasteiger partial charge in [0, 0.05) is 13.2 Å². The third-order valence-corrected chi connectivity index (χ3v) is 3.92. The maximum absolute atomic E-state index is 12.4. The highest BCUT2D eigenvalue weighted by molar-refractivity contribution is 5.86. The highest BCUT2D eigenvalue weighted by Gasteiger charge is 2.39. The lowest BCUT2D eigenvalue weighted by atomic mass is 9.90. The van der Waals surface area contributed by atoms with Crippen molar-refractivity contribution in [3.63, 3.8) is 0 Å². The van der Waals surface area contributed by atoms with E-state index in [-0.39, 0.29) is 11.8 Å². The first kappa shape index (κ1) is 13.3. The third-order valence-electron chi connectivity index (χ3n) is 3.92. The van der Waals surface area contributed by atoms with E-state index >= 15 is 0 Å². The molecule has 0 aromatic heterocycles. The van der Waals surface area contributed by atoms with Crippen LogP contribution in [-0.4, -0.2) is 47.2 Å². The molecular formula is C13H21NO4. The van der Waals surface area contributed by atoms with Crippen LogP contribution in [-0.2, 0) is 14.3 Å². The van der Waals surface area contributed by atoms with Gasteiger partial charge in [-0.05, 0) is 38.0 Å². The number of carboxylic acid groups (broad SMARTS) is 1. The van der Waals surface area contributed by atoms with Gasteiger partial charge in [-0.1, -0.05) is 6.92 Å². The molecule has 2 rings (SSSR count). The van der Waals surface area contributed by atoms with Crippen LogP contribution in [0.1, 0.15) is 39.0 Å². The third kappa shape index (κ3) is 2.66. The van der Waals surface area contributed by atoms with Crippen molar-refractivity contribution >= 4 is 11.9 Å². The van der Waals surface area contributed by atoms with Crippen LogP contribution >= 0.6 is 0 Å². The van der Waals surface area contributed by atoms with E-state index in [1.165, 1.54) is 4.90 Å². The molecule has 2 aliphatic heterocycles. The van der Waals surface area contributed by atoms with Crippen molar-refractivity contribution in [1.82, 2.24) is 4.90 Å². The van der Waals surface area contributed by atoms with Crippen LogP contribution in [0.3, 0.4) is 0 Å². The van der Waals surface area contributed by atoms with E-state index in [2.05, 4.69) is 0 Å². The van der Waals surface area contributed by atoms with Crippen molar-refractivity contribution in [1.29, 1.82) is 0 Å². The average molecular weight is 255 g/mol. The Morgan fingerprint density at radius 3 is 2.61 bits per heavy atom. The Bertz CT molecular complexity index is 325. The van der Waals surface area contributed by atoms with Crippen molar-refractivity contribution < 1.29 is 19.4 Å². The largest absolute Gasteiger partial charge is 0.480 e. The summed E-state index contributed by atoms with van der Waals surface area (Å²) in [5.74, 6) is -1.01. The zero-order valence-corrected chi connectivity index (χ0v) is 10.8. The molecule has 2 aliphatic rings. The van der Waals surface area contributed by atoms with E-state index in [0.29, 0.717) is 13.2 Å². The Kier molecular flexibility index (Phi) is 4.22. The Morgan fingerprint density at radius 2 is 2.00 bits per heavy atom. The molecule has 1 amide bonds. The van der Waals surface area contributed by atoms with E-state index < -0.39 is 18.1 Å². The molecule has 102 valence electrons. The van der Waals surface area contributed by atoms with Crippen LogP contribution in [0, 0.1) is 5.92 Å². The highest BCUT2D eigenvalue weighted by Crippen LogP contribution is 2.26. The zero-order chi connectivity index (χ0) is 13.1. The summed E-state index contributed by atoms with van der Waals surface area (Å²) in [4.78, 5) is 25.2. The molecule has 2 saturated heterocycles. The van der Waals surface area contributed by atoms with Crippen LogP contribution in [0.5, 0.6) is 0 Å². The summed E-state index contributed by atoms with van der Waals surface area (Å²) < 4.78 is 5.47. The van der Waals surface area contributed by atoms with E-state index in [1.54, 1.807) is 0 Å². The van der Waals surface area contributed by atoms with Gasteiger partial charge in [0.05, 0.1) is 0 Å². The molecule has 0 bridgehead atoms.